The van der Waals surface area contributed by atoms with Crippen LogP contribution >= 0.6 is 11.3 Å². The summed E-state index contributed by atoms with van der Waals surface area (Å²) in [5.41, 5.74) is 2.70. The molecule has 4 rings (SSSR count). The fourth-order valence-corrected chi connectivity index (χ4v) is 4.38. The number of benzene rings is 3. The van der Waals surface area contributed by atoms with Gasteiger partial charge in [0.15, 0.2) is 6.10 Å². The second kappa shape index (κ2) is 10.2. The molecule has 0 aliphatic rings. The number of hydrogen-bond donors (Lipinski definition) is 2. The van der Waals surface area contributed by atoms with E-state index in [0.29, 0.717) is 29.3 Å². The van der Waals surface area contributed by atoms with Gasteiger partial charge < -0.3 is 19.8 Å². The molecule has 0 saturated carbocycles. The Morgan fingerprint density at radius 2 is 1.74 bits per heavy atom. The molecule has 0 radical (unpaired) electrons. The molecule has 2 N–H and O–H groups in total. The molecule has 3 aromatic carbocycles. The van der Waals surface area contributed by atoms with E-state index in [-0.39, 0.29) is 11.5 Å². The van der Waals surface area contributed by atoms with E-state index in [1.54, 1.807) is 28.8 Å². The zero-order valence-corrected chi connectivity index (χ0v) is 19.1. The van der Waals surface area contributed by atoms with Crippen molar-refractivity contribution in [1.29, 1.82) is 0 Å². The number of carbonyl (C=O) groups is 1. The van der Waals surface area contributed by atoms with Crippen molar-refractivity contribution in [3.63, 3.8) is 0 Å². The van der Waals surface area contributed by atoms with Crippen LogP contribution in [0.3, 0.4) is 0 Å². The molecule has 174 valence electrons. The highest BCUT2D eigenvalue weighted by atomic mass is 32.1. The third-order valence-corrected chi connectivity index (χ3v) is 6.10. The standard InChI is InChI=1S/C25H22N2O6S/c1-16(24(28)29)33-20-10-8-19(9-11-20)32-14-13-27-21-12-7-18(15-22(21)34-25(27)30)23(26-31)17-5-3-2-4-6-17/h2-12,15-16,31H,13-14H2,1H3,(H,28,29). The van der Waals surface area contributed by atoms with E-state index < -0.39 is 12.1 Å². The van der Waals surface area contributed by atoms with Gasteiger partial charge in [-0.05, 0) is 43.3 Å². The Bertz CT molecular complexity index is 1380. The summed E-state index contributed by atoms with van der Waals surface area (Å²) in [5, 5.41) is 21.9. The summed E-state index contributed by atoms with van der Waals surface area (Å²) in [6.07, 6.45) is -0.946. The van der Waals surface area contributed by atoms with Gasteiger partial charge in [-0.2, -0.15) is 0 Å². The number of carboxylic acids is 1. The first-order chi connectivity index (χ1) is 16.5. The summed E-state index contributed by atoms with van der Waals surface area (Å²) >= 11 is 1.12. The quantitative estimate of drug-likeness (QED) is 0.212. The smallest absolute Gasteiger partial charge is 0.344 e. The first-order valence-corrected chi connectivity index (χ1v) is 11.3. The molecular weight excluding hydrogens is 456 g/mol. The fourth-order valence-electron chi connectivity index (χ4n) is 3.43. The molecule has 0 saturated heterocycles. The molecule has 0 spiro atoms. The van der Waals surface area contributed by atoms with Gasteiger partial charge in [-0.25, -0.2) is 4.79 Å². The molecule has 1 heterocycles. The van der Waals surface area contributed by atoms with E-state index in [0.717, 1.165) is 27.1 Å². The summed E-state index contributed by atoms with van der Waals surface area (Å²) in [7, 11) is 0. The lowest BCUT2D eigenvalue weighted by molar-refractivity contribution is -0.144. The number of thiazole rings is 1. The van der Waals surface area contributed by atoms with Gasteiger partial charge in [-0.15, -0.1) is 0 Å². The molecule has 4 aromatic rings. The molecule has 1 unspecified atom stereocenters. The van der Waals surface area contributed by atoms with E-state index in [2.05, 4.69) is 5.16 Å². The predicted molar refractivity (Wildman–Crippen MR) is 130 cm³/mol. The molecule has 1 aromatic heterocycles. The van der Waals surface area contributed by atoms with Gasteiger partial charge in [-0.1, -0.05) is 52.9 Å². The maximum absolute atomic E-state index is 12.6. The van der Waals surface area contributed by atoms with Crippen LogP contribution in [0.25, 0.3) is 10.2 Å². The minimum atomic E-state index is -1.04. The van der Waals surface area contributed by atoms with E-state index in [9.17, 15) is 14.8 Å². The summed E-state index contributed by atoms with van der Waals surface area (Å²) in [4.78, 5) is 23.4. The van der Waals surface area contributed by atoms with Crippen molar-refractivity contribution in [2.75, 3.05) is 6.61 Å². The van der Waals surface area contributed by atoms with Gasteiger partial charge >= 0.3 is 10.8 Å². The number of carboxylic acid groups (broad SMARTS) is 1. The third-order valence-electron chi connectivity index (χ3n) is 5.16. The van der Waals surface area contributed by atoms with Crippen LogP contribution in [0.1, 0.15) is 18.1 Å². The second-order valence-electron chi connectivity index (χ2n) is 7.43. The molecule has 9 heteroatoms. The van der Waals surface area contributed by atoms with Crippen LogP contribution in [0.5, 0.6) is 11.5 Å². The summed E-state index contributed by atoms with van der Waals surface area (Å²) in [5.74, 6) is -0.0305. The van der Waals surface area contributed by atoms with E-state index in [4.69, 9.17) is 14.6 Å². The van der Waals surface area contributed by atoms with Crippen molar-refractivity contribution in [3.05, 3.63) is 93.6 Å². The van der Waals surface area contributed by atoms with E-state index in [1.165, 1.54) is 6.92 Å². The number of hydrogen-bond acceptors (Lipinski definition) is 7. The summed E-state index contributed by atoms with van der Waals surface area (Å²) in [6.45, 7) is 2.08. The minimum absolute atomic E-state index is 0.107. The first kappa shape index (κ1) is 23.1. The monoisotopic (exact) mass is 478 g/mol. The molecule has 8 nitrogen and oxygen atoms in total. The number of nitrogens with zero attached hydrogens (tertiary/aromatic N) is 2. The molecule has 34 heavy (non-hydrogen) atoms. The van der Waals surface area contributed by atoms with Crippen molar-refractivity contribution < 1.29 is 24.6 Å². The highest BCUT2D eigenvalue weighted by molar-refractivity contribution is 7.16. The topological polar surface area (TPSA) is 110 Å². The maximum atomic E-state index is 12.6. The van der Waals surface area contributed by atoms with Gasteiger partial charge in [0.05, 0.1) is 16.8 Å². The Morgan fingerprint density at radius 3 is 2.41 bits per heavy atom. The summed E-state index contributed by atoms with van der Waals surface area (Å²) < 4.78 is 13.5. The third kappa shape index (κ3) is 5.10. The zero-order valence-electron chi connectivity index (χ0n) is 18.2. The number of rotatable bonds is 9. The normalized spacial score (nSPS) is 12.4. The SMILES string of the molecule is CC(Oc1ccc(OCCn2c(=O)sc3cc(C(=NO)c4ccccc4)ccc32)cc1)C(=O)O. The number of aromatic nitrogens is 1. The molecule has 0 aliphatic heterocycles. The van der Waals surface area contributed by atoms with Gasteiger partial charge in [0.25, 0.3) is 0 Å². The van der Waals surface area contributed by atoms with E-state index >= 15 is 0 Å². The predicted octanol–water partition coefficient (Wildman–Crippen LogP) is 4.22. The zero-order chi connectivity index (χ0) is 24.1. The largest absolute Gasteiger partial charge is 0.492 e. The van der Waals surface area contributed by atoms with Gasteiger partial charge in [0.2, 0.25) is 0 Å². The minimum Gasteiger partial charge on any atom is -0.492 e. The maximum Gasteiger partial charge on any atom is 0.344 e. The Kier molecular flexibility index (Phi) is 6.93. The lowest BCUT2D eigenvalue weighted by atomic mass is 10.0. The Labute approximate surface area is 198 Å². The molecule has 0 fully saturated rings. The van der Waals surface area contributed by atoms with E-state index in [1.807, 2.05) is 48.5 Å². The van der Waals surface area contributed by atoms with Gasteiger partial charge in [-0.3, -0.25) is 9.36 Å². The van der Waals surface area contributed by atoms with Crippen LogP contribution in [0.15, 0.2) is 82.7 Å². The van der Waals surface area contributed by atoms with Crippen molar-refractivity contribution in [1.82, 2.24) is 4.57 Å². The number of fused-ring (bicyclic) bond motifs is 1. The number of aliphatic carboxylic acids is 1. The van der Waals surface area contributed by atoms with Crippen LogP contribution in [0.2, 0.25) is 0 Å². The van der Waals surface area contributed by atoms with Crippen molar-refractivity contribution >= 4 is 33.2 Å². The van der Waals surface area contributed by atoms with Crippen molar-refractivity contribution in [2.45, 2.75) is 19.6 Å². The Morgan fingerprint density at radius 1 is 1.03 bits per heavy atom. The Balaban J connectivity index is 1.44. The molecule has 0 amide bonds. The first-order valence-electron chi connectivity index (χ1n) is 10.5. The molecule has 0 aliphatic carbocycles. The van der Waals surface area contributed by atoms with Crippen LogP contribution in [0, 0.1) is 0 Å². The van der Waals surface area contributed by atoms with Crippen LogP contribution < -0.4 is 14.3 Å². The van der Waals surface area contributed by atoms with Crippen molar-refractivity contribution in [2.24, 2.45) is 5.16 Å². The second-order valence-corrected chi connectivity index (χ2v) is 8.43. The lowest BCUT2D eigenvalue weighted by Crippen LogP contribution is -2.22. The number of oxime groups is 1. The van der Waals surface area contributed by atoms with Gasteiger partial charge in [0.1, 0.15) is 23.8 Å². The highest BCUT2D eigenvalue weighted by Gasteiger charge is 2.14. The Hall–Kier alpha value is -4.11. The highest BCUT2D eigenvalue weighted by Crippen LogP contribution is 2.22. The fraction of sp³-hybridized carbons (Fsp3) is 0.160. The summed E-state index contributed by atoms with van der Waals surface area (Å²) in [6, 6.07) is 21.5. The van der Waals surface area contributed by atoms with Crippen LogP contribution in [-0.4, -0.2) is 39.3 Å². The lowest BCUT2D eigenvalue weighted by Gasteiger charge is -2.11. The average Bonchev–Trinajstić information content (AvgIpc) is 3.15. The molecular formula is C25H22N2O6S. The average molecular weight is 479 g/mol. The molecule has 0 bridgehead atoms. The van der Waals surface area contributed by atoms with Crippen molar-refractivity contribution in [3.8, 4) is 11.5 Å². The van der Waals surface area contributed by atoms with Gasteiger partial charge in [0, 0.05) is 11.1 Å². The number of ether oxygens (including phenoxy) is 2. The van der Waals surface area contributed by atoms with Crippen LogP contribution in [0.4, 0.5) is 0 Å². The van der Waals surface area contributed by atoms with Crippen LogP contribution in [-0.2, 0) is 11.3 Å². The molecule has 1 atom stereocenters.